The summed E-state index contributed by atoms with van der Waals surface area (Å²) < 4.78 is 0. The lowest BCUT2D eigenvalue weighted by Crippen LogP contribution is -2.38. The quantitative estimate of drug-likeness (QED) is 0.572. The molecule has 0 saturated carbocycles. The number of nitrogens with two attached hydrogens (primary N) is 1. The second-order valence-electron chi connectivity index (χ2n) is 6.21. The van der Waals surface area contributed by atoms with Crippen LogP contribution in [0, 0.1) is 5.41 Å². The van der Waals surface area contributed by atoms with Crippen LogP contribution in [-0.2, 0) is 4.79 Å². The van der Waals surface area contributed by atoms with Crippen molar-refractivity contribution in [3.05, 3.63) is 65.4 Å². The highest BCUT2D eigenvalue weighted by Crippen LogP contribution is 2.25. The second-order valence-corrected chi connectivity index (χ2v) is 6.21. The van der Waals surface area contributed by atoms with Gasteiger partial charge in [0.25, 0.3) is 5.91 Å². The highest BCUT2D eigenvalue weighted by molar-refractivity contribution is 6.28. The molecule has 1 aliphatic carbocycles. The molecule has 0 radical (unpaired) electrons. The molecule has 2 atom stereocenters. The van der Waals surface area contributed by atoms with Crippen molar-refractivity contribution in [2.24, 2.45) is 5.73 Å². The maximum atomic E-state index is 11.3. The first-order chi connectivity index (χ1) is 12.1. The summed E-state index contributed by atoms with van der Waals surface area (Å²) in [6.45, 7) is 1.63. The maximum Gasteiger partial charge on any atom is 0.250 e. The minimum absolute atomic E-state index is 0.107. The number of aliphatic hydroxyl groups excluding tert-OH is 1. The topological polar surface area (TPSA) is 111 Å². The van der Waals surface area contributed by atoms with Gasteiger partial charge in [0, 0.05) is 29.9 Å². The fourth-order valence-corrected chi connectivity index (χ4v) is 3.07. The molecule has 6 nitrogen and oxygen atoms in total. The van der Waals surface area contributed by atoms with Crippen LogP contribution in [0.1, 0.15) is 17.9 Å². The molecular weight excluding hydrogens is 316 g/mol. The highest BCUT2D eigenvalue weighted by atomic mass is 16.3. The average molecular weight is 338 g/mol. The van der Waals surface area contributed by atoms with Crippen LogP contribution < -0.4 is 16.4 Å². The molecule has 1 fully saturated rings. The summed E-state index contributed by atoms with van der Waals surface area (Å²) in [5.74, 6) is -0.497. The minimum Gasteiger partial charge on any atom is -0.392 e. The molecule has 1 unspecified atom stereocenters. The number of carbonyl (C=O) groups is 1. The molecule has 6 heteroatoms. The molecule has 1 amide bonds. The van der Waals surface area contributed by atoms with Crippen LogP contribution in [0.15, 0.2) is 59.8 Å². The van der Waals surface area contributed by atoms with E-state index in [1.165, 1.54) is 0 Å². The van der Waals surface area contributed by atoms with Gasteiger partial charge in [-0.15, -0.1) is 0 Å². The van der Waals surface area contributed by atoms with Crippen LogP contribution >= 0.6 is 0 Å². The number of allylic oxidation sites excluding steroid dienone is 4. The van der Waals surface area contributed by atoms with Gasteiger partial charge in [-0.2, -0.15) is 0 Å². The molecule has 0 bridgehead atoms. The molecule has 1 aliphatic heterocycles. The summed E-state index contributed by atoms with van der Waals surface area (Å²) >= 11 is 0. The van der Waals surface area contributed by atoms with Crippen molar-refractivity contribution in [1.82, 2.24) is 5.32 Å². The van der Waals surface area contributed by atoms with Crippen LogP contribution in [0.5, 0.6) is 0 Å². The van der Waals surface area contributed by atoms with E-state index in [0.29, 0.717) is 5.57 Å². The van der Waals surface area contributed by atoms with E-state index in [1.54, 1.807) is 24.4 Å². The van der Waals surface area contributed by atoms with E-state index in [-0.39, 0.29) is 23.3 Å². The second kappa shape index (κ2) is 7.46. The molecule has 0 spiro atoms. The lowest BCUT2D eigenvalue weighted by molar-refractivity contribution is -0.114. The molecule has 1 aromatic rings. The fourth-order valence-electron chi connectivity index (χ4n) is 3.07. The number of carbonyl (C=O) groups excluding carboxylic acids is 1. The normalized spacial score (nSPS) is 24.9. The smallest absolute Gasteiger partial charge is 0.250 e. The summed E-state index contributed by atoms with van der Waals surface area (Å²) in [6, 6.07) is 7.88. The number of piperidine rings is 1. The van der Waals surface area contributed by atoms with Crippen LogP contribution in [0.3, 0.4) is 0 Å². The number of anilines is 1. The van der Waals surface area contributed by atoms with E-state index in [2.05, 4.69) is 10.6 Å². The van der Waals surface area contributed by atoms with Crippen molar-refractivity contribution in [3.8, 4) is 0 Å². The Morgan fingerprint density at radius 3 is 2.80 bits per heavy atom. The van der Waals surface area contributed by atoms with Crippen LogP contribution in [0.4, 0.5) is 5.69 Å². The molecule has 3 rings (SSSR count). The summed E-state index contributed by atoms with van der Waals surface area (Å²) in [4.78, 5) is 11.3. The first-order valence-corrected chi connectivity index (χ1v) is 8.29. The Labute approximate surface area is 146 Å². The molecule has 1 heterocycles. The van der Waals surface area contributed by atoms with E-state index >= 15 is 0 Å². The zero-order chi connectivity index (χ0) is 17.8. The molecular formula is C19H22N4O2. The van der Waals surface area contributed by atoms with E-state index < -0.39 is 5.91 Å². The van der Waals surface area contributed by atoms with Crippen molar-refractivity contribution in [2.45, 2.75) is 18.4 Å². The van der Waals surface area contributed by atoms with E-state index in [4.69, 9.17) is 11.1 Å². The Hall–Kier alpha value is -2.70. The van der Waals surface area contributed by atoms with Crippen molar-refractivity contribution >= 4 is 17.3 Å². The summed E-state index contributed by atoms with van der Waals surface area (Å²) in [5, 5.41) is 24.6. The van der Waals surface area contributed by atoms with E-state index in [9.17, 15) is 9.90 Å². The van der Waals surface area contributed by atoms with Crippen LogP contribution in [-0.4, -0.2) is 35.9 Å². The lowest BCUT2D eigenvalue weighted by Gasteiger charge is -2.28. The first-order valence-electron chi connectivity index (χ1n) is 8.29. The number of primary amides is 1. The molecule has 0 aromatic heterocycles. The van der Waals surface area contributed by atoms with Crippen molar-refractivity contribution in [2.75, 3.05) is 18.4 Å². The van der Waals surface area contributed by atoms with Gasteiger partial charge in [-0.1, -0.05) is 24.3 Å². The SMILES string of the molecule is N=C1C(C(N)=O)=CC=C/C1=C/Nc1ccc([C@H]2CNCCC2O)cc1. The van der Waals surface area contributed by atoms with Gasteiger partial charge in [0.1, 0.15) is 0 Å². The van der Waals surface area contributed by atoms with Gasteiger partial charge >= 0.3 is 0 Å². The monoisotopic (exact) mass is 338 g/mol. The van der Waals surface area contributed by atoms with Gasteiger partial charge in [-0.3, -0.25) is 10.2 Å². The van der Waals surface area contributed by atoms with E-state index in [0.717, 1.165) is 30.8 Å². The molecule has 2 aliphatic rings. The zero-order valence-corrected chi connectivity index (χ0v) is 13.8. The zero-order valence-electron chi connectivity index (χ0n) is 13.8. The standard InChI is InChI=1S/C19H22N4O2/c20-18-13(2-1-3-15(18)19(21)25)10-23-14-6-4-12(5-7-14)16-11-22-9-8-17(16)24/h1-7,10,16-17,20,22-24H,8-9,11H2,(H2,21,25)/b13-10-,20-18?/t16-,17?/m1/s1. The van der Waals surface area contributed by atoms with Crippen LogP contribution in [0.25, 0.3) is 0 Å². The number of hydrogen-bond acceptors (Lipinski definition) is 5. The van der Waals surface area contributed by atoms with Crippen molar-refractivity contribution in [3.63, 3.8) is 0 Å². The van der Waals surface area contributed by atoms with Crippen molar-refractivity contribution < 1.29 is 9.90 Å². The fraction of sp³-hybridized carbons (Fsp3) is 0.263. The van der Waals surface area contributed by atoms with Gasteiger partial charge in [0.2, 0.25) is 0 Å². The molecule has 1 aromatic carbocycles. The number of amides is 1. The Bertz CT molecular complexity index is 762. The van der Waals surface area contributed by atoms with Gasteiger partial charge in [-0.25, -0.2) is 0 Å². The Kier molecular flexibility index (Phi) is 5.11. The summed E-state index contributed by atoms with van der Waals surface area (Å²) in [7, 11) is 0. The molecule has 6 N–H and O–H groups in total. The number of hydrogen-bond donors (Lipinski definition) is 5. The third-order valence-corrected chi connectivity index (χ3v) is 4.54. The number of nitrogens with one attached hydrogen (secondary N) is 3. The van der Waals surface area contributed by atoms with Crippen LogP contribution in [0.2, 0.25) is 0 Å². The summed E-state index contributed by atoms with van der Waals surface area (Å²) in [5.41, 5.74) is 8.13. The van der Waals surface area contributed by atoms with E-state index in [1.807, 2.05) is 24.3 Å². The lowest BCUT2D eigenvalue weighted by atomic mass is 9.89. The van der Waals surface area contributed by atoms with Gasteiger partial charge in [-0.05, 0) is 36.7 Å². The Morgan fingerprint density at radius 1 is 1.36 bits per heavy atom. The average Bonchev–Trinajstić information content (AvgIpc) is 2.61. The van der Waals surface area contributed by atoms with Gasteiger partial charge in [0.15, 0.2) is 0 Å². The predicted molar refractivity (Wildman–Crippen MR) is 98.5 cm³/mol. The Morgan fingerprint density at radius 2 is 2.12 bits per heavy atom. The number of benzene rings is 1. The Balaban J connectivity index is 1.68. The van der Waals surface area contributed by atoms with Gasteiger partial charge < -0.3 is 21.5 Å². The van der Waals surface area contributed by atoms with Gasteiger partial charge in [0.05, 0.1) is 17.4 Å². The third-order valence-electron chi connectivity index (χ3n) is 4.54. The molecule has 1 saturated heterocycles. The predicted octanol–water partition coefficient (Wildman–Crippen LogP) is 1.42. The maximum absolute atomic E-state index is 11.3. The first kappa shape index (κ1) is 17.1. The highest BCUT2D eigenvalue weighted by Gasteiger charge is 2.24. The summed E-state index contributed by atoms with van der Waals surface area (Å²) in [6.07, 6.45) is 7.13. The molecule has 25 heavy (non-hydrogen) atoms. The molecule has 130 valence electrons. The largest absolute Gasteiger partial charge is 0.392 e. The number of aliphatic hydroxyl groups is 1. The van der Waals surface area contributed by atoms with Crippen molar-refractivity contribution in [1.29, 1.82) is 5.41 Å². The number of rotatable bonds is 4. The third kappa shape index (κ3) is 3.87. The minimum atomic E-state index is -0.607.